The highest BCUT2D eigenvalue weighted by atomic mass is 16.7. The third-order valence-corrected chi connectivity index (χ3v) is 3.17. The number of ether oxygens (including phenoxy) is 2. The monoisotopic (exact) mass is 168 g/mol. The molecule has 0 bridgehead atoms. The Morgan fingerprint density at radius 2 is 2.00 bits per heavy atom. The molecule has 12 heavy (non-hydrogen) atoms. The zero-order chi connectivity index (χ0) is 8.44. The third kappa shape index (κ3) is 1.29. The lowest BCUT2D eigenvalue weighted by Crippen LogP contribution is -2.43. The van der Waals surface area contributed by atoms with Gasteiger partial charge in [0.2, 0.25) is 0 Å². The number of rotatable bonds is 0. The van der Waals surface area contributed by atoms with Crippen molar-refractivity contribution >= 4 is 0 Å². The van der Waals surface area contributed by atoms with Crippen molar-refractivity contribution in [1.82, 2.24) is 0 Å². The molecule has 0 aromatic carbocycles. The van der Waals surface area contributed by atoms with Crippen molar-refractivity contribution in [2.75, 3.05) is 20.0 Å². The van der Waals surface area contributed by atoms with E-state index in [-0.39, 0.29) is 5.41 Å². The summed E-state index contributed by atoms with van der Waals surface area (Å²) < 4.78 is 10.8. The Morgan fingerprint density at radius 3 is 2.67 bits per heavy atom. The Kier molecular flexibility index (Phi) is 2.20. The molecule has 2 nitrogen and oxygen atoms in total. The molecule has 1 heterocycles. The molecular formula is C10H16O2. The van der Waals surface area contributed by atoms with Crippen LogP contribution in [-0.2, 0) is 9.47 Å². The van der Waals surface area contributed by atoms with Crippen molar-refractivity contribution in [2.45, 2.75) is 19.8 Å². The second kappa shape index (κ2) is 3.19. The first kappa shape index (κ1) is 8.27. The topological polar surface area (TPSA) is 18.5 Å². The first-order valence-corrected chi connectivity index (χ1v) is 4.64. The largest absolute Gasteiger partial charge is 0.355 e. The van der Waals surface area contributed by atoms with Gasteiger partial charge in [-0.3, -0.25) is 0 Å². The van der Waals surface area contributed by atoms with Gasteiger partial charge in [0, 0.05) is 5.41 Å². The van der Waals surface area contributed by atoms with Crippen molar-refractivity contribution in [3.05, 3.63) is 12.2 Å². The number of hydrogen-bond donors (Lipinski definition) is 0. The highest BCUT2D eigenvalue weighted by Gasteiger charge is 2.38. The molecule has 0 amide bonds. The van der Waals surface area contributed by atoms with E-state index in [1.54, 1.807) is 0 Å². The molecule has 1 atom stereocenters. The third-order valence-electron chi connectivity index (χ3n) is 3.17. The van der Waals surface area contributed by atoms with Crippen molar-refractivity contribution in [1.29, 1.82) is 0 Å². The molecule has 0 aromatic heterocycles. The maximum absolute atomic E-state index is 5.38. The molecule has 0 N–H and O–H groups in total. The standard InChI is InChI=1S/C10H16O2/c1-9-4-2-3-5-10(9)6-11-8-12-7-10/h2-3,9H,4-8H2,1H3. The fourth-order valence-corrected chi connectivity index (χ4v) is 2.06. The Hall–Kier alpha value is -0.340. The Balaban J connectivity index is 2.11. The molecule has 68 valence electrons. The highest BCUT2D eigenvalue weighted by Crippen LogP contribution is 2.40. The summed E-state index contributed by atoms with van der Waals surface area (Å²) in [7, 11) is 0. The molecule has 1 spiro atoms. The van der Waals surface area contributed by atoms with Gasteiger partial charge in [-0.25, -0.2) is 0 Å². The summed E-state index contributed by atoms with van der Waals surface area (Å²) in [4.78, 5) is 0. The predicted octanol–water partition coefficient (Wildman–Crippen LogP) is 1.96. The molecule has 1 saturated heterocycles. The van der Waals surface area contributed by atoms with Crippen LogP contribution >= 0.6 is 0 Å². The quantitative estimate of drug-likeness (QED) is 0.515. The molecular weight excluding hydrogens is 152 g/mol. The second-order valence-corrected chi connectivity index (χ2v) is 3.99. The summed E-state index contributed by atoms with van der Waals surface area (Å²) in [5, 5.41) is 0. The van der Waals surface area contributed by atoms with E-state index in [1.807, 2.05) is 0 Å². The van der Waals surface area contributed by atoms with Gasteiger partial charge in [-0.2, -0.15) is 0 Å². The van der Waals surface area contributed by atoms with Crippen LogP contribution in [0.1, 0.15) is 19.8 Å². The average Bonchev–Trinajstić information content (AvgIpc) is 2.12. The summed E-state index contributed by atoms with van der Waals surface area (Å²) in [5.74, 6) is 0.697. The van der Waals surface area contributed by atoms with Gasteiger partial charge in [-0.1, -0.05) is 19.1 Å². The molecule has 1 aliphatic heterocycles. The van der Waals surface area contributed by atoms with Crippen molar-refractivity contribution < 1.29 is 9.47 Å². The van der Waals surface area contributed by atoms with Gasteiger partial charge in [0.05, 0.1) is 13.2 Å². The summed E-state index contributed by atoms with van der Waals surface area (Å²) in [6.07, 6.45) is 6.82. The van der Waals surface area contributed by atoms with Gasteiger partial charge in [0.15, 0.2) is 0 Å². The van der Waals surface area contributed by atoms with Crippen LogP contribution in [0.4, 0.5) is 0 Å². The number of hydrogen-bond acceptors (Lipinski definition) is 2. The predicted molar refractivity (Wildman–Crippen MR) is 46.7 cm³/mol. The smallest absolute Gasteiger partial charge is 0.146 e. The zero-order valence-electron chi connectivity index (χ0n) is 7.58. The number of allylic oxidation sites excluding steroid dienone is 2. The molecule has 2 aliphatic rings. The van der Waals surface area contributed by atoms with E-state index in [2.05, 4.69) is 19.1 Å². The minimum absolute atomic E-state index is 0.285. The van der Waals surface area contributed by atoms with Gasteiger partial charge < -0.3 is 9.47 Å². The van der Waals surface area contributed by atoms with Gasteiger partial charge in [0.1, 0.15) is 6.79 Å². The normalized spacial score (nSPS) is 33.9. The molecule has 2 heteroatoms. The Bertz CT molecular complexity index is 180. The highest BCUT2D eigenvalue weighted by molar-refractivity contribution is 5.01. The van der Waals surface area contributed by atoms with Crippen molar-refractivity contribution in [2.24, 2.45) is 11.3 Å². The van der Waals surface area contributed by atoms with E-state index in [4.69, 9.17) is 9.47 Å². The zero-order valence-corrected chi connectivity index (χ0v) is 7.58. The minimum Gasteiger partial charge on any atom is -0.355 e. The van der Waals surface area contributed by atoms with Gasteiger partial charge >= 0.3 is 0 Å². The molecule has 1 unspecified atom stereocenters. The van der Waals surface area contributed by atoms with Gasteiger partial charge in [-0.15, -0.1) is 0 Å². The summed E-state index contributed by atoms with van der Waals surface area (Å²) in [5.41, 5.74) is 0.285. The fourth-order valence-electron chi connectivity index (χ4n) is 2.06. The molecule has 0 saturated carbocycles. The SMILES string of the molecule is CC1CC=CCC12COCOC2. The van der Waals surface area contributed by atoms with E-state index < -0.39 is 0 Å². The minimum atomic E-state index is 0.285. The Morgan fingerprint density at radius 1 is 1.25 bits per heavy atom. The van der Waals surface area contributed by atoms with Gasteiger partial charge in [0.25, 0.3) is 0 Å². The second-order valence-electron chi connectivity index (χ2n) is 3.99. The van der Waals surface area contributed by atoms with E-state index >= 15 is 0 Å². The first-order valence-electron chi connectivity index (χ1n) is 4.64. The van der Waals surface area contributed by atoms with Gasteiger partial charge in [-0.05, 0) is 18.8 Å². The van der Waals surface area contributed by atoms with Crippen LogP contribution in [0.5, 0.6) is 0 Å². The fraction of sp³-hybridized carbons (Fsp3) is 0.800. The van der Waals surface area contributed by atoms with Crippen LogP contribution < -0.4 is 0 Å². The van der Waals surface area contributed by atoms with E-state index in [0.717, 1.165) is 19.6 Å². The van der Waals surface area contributed by atoms with Crippen LogP contribution in [-0.4, -0.2) is 20.0 Å². The van der Waals surface area contributed by atoms with Crippen LogP contribution in [0.15, 0.2) is 12.2 Å². The van der Waals surface area contributed by atoms with Crippen LogP contribution in [0, 0.1) is 11.3 Å². The maximum Gasteiger partial charge on any atom is 0.146 e. The molecule has 1 fully saturated rings. The molecule has 0 radical (unpaired) electrons. The van der Waals surface area contributed by atoms with Crippen LogP contribution in [0.3, 0.4) is 0 Å². The van der Waals surface area contributed by atoms with E-state index in [0.29, 0.717) is 12.7 Å². The van der Waals surface area contributed by atoms with Crippen molar-refractivity contribution in [3.63, 3.8) is 0 Å². The lowest BCUT2D eigenvalue weighted by atomic mass is 9.70. The van der Waals surface area contributed by atoms with E-state index in [1.165, 1.54) is 6.42 Å². The summed E-state index contributed by atoms with van der Waals surface area (Å²) in [6, 6.07) is 0. The Labute approximate surface area is 73.5 Å². The van der Waals surface area contributed by atoms with Crippen LogP contribution in [0.25, 0.3) is 0 Å². The van der Waals surface area contributed by atoms with Crippen LogP contribution in [0.2, 0.25) is 0 Å². The van der Waals surface area contributed by atoms with Crippen molar-refractivity contribution in [3.8, 4) is 0 Å². The maximum atomic E-state index is 5.38. The summed E-state index contributed by atoms with van der Waals surface area (Å²) in [6.45, 7) is 4.52. The summed E-state index contributed by atoms with van der Waals surface area (Å²) >= 11 is 0. The molecule has 1 aliphatic carbocycles. The lowest BCUT2D eigenvalue weighted by molar-refractivity contribution is -0.179. The van der Waals surface area contributed by atoms with E-state index in [9.17, 15) is 0 Å². The average molecular weight is 168 g/mol. The molecule has 2 rings (SSSR count). The molecule has 0 aromatic rings. The first-order chi connectivity index (χ1) is 5.83. The lowest BCUT2D eigenvalue weighted by Gasteiger charge is -2.42.